The van der Waals surface area contributed by atoms with E-state index in [0.29, 0.717) is 22.9 Å². The quantitative estimate of drug-likeness (QED) is 0.390. The molecular formula is C24H18ClN3O2S. The van der Waals surface area contributed by atoms with E-state index in [2.05, 4.69) is 15.6 Å². The summed E-state index contributed by atoms with van der Waals surface area (Å²) in [6, 6.07) is 25.8. The van der Waals surface area contributed by atoms with Gasteiger partial charge in [0, 0.05) is 21.7 Å². The van der Waals surface area contributed by atoms with Gasteiger partial charge in [-0.3, -0.25) is 10.1 Å². The number of thiocarbonyl (C=S) groups is 1. The third-order valence-electron chi connectivity index (χ3n) is 4.49. The number of hydrogen-bond donors (Lipinski definition) is 2. The van der Waals surface area contributed by atoms with Gasteiger partial charge in [-0.15, -0.1) is 0 Å². The number of carbonyl (C=O) groups excluding carboxylic acids is 1. The van der Waals surface area contributed by atoms with Crippen molar-refractivity contribution in [3.8, 4) is 5.75 Å². The first-order valence-corrected chi connectivity index (χ1v) is 10.3. The van der Waals surface area contributed by atoms with Crippen molar-refractivity contribution < 1.29 is 9.53 Å². The summed E-state index contributed by atoms with van der Waals surface area (Å²) in [6.45, 7) is 0.368. The van der Waals surface area contributed by atoms with Crippen molar-refractivity contribution in [2.75, 3.05) is 5.32 Å². The van der Waals surface area contributed by atoms with Gasteiger partial charge >= 0.3 is 0 Å². The molecule has 2 N–H and O–H groups in total. The molecule has 0 unspecified atom stereocenters. The summed E-state index contributed by atoms with van der Waals surface area (Å²) in [6.07, 6.45) is 0. The van der Waals surface area contributed by atoms with E-state index in [1.165, 1.54) is 0 Å². The Morgan fingerprint density at radius 3 is 2.45 bits per heavy atom. The number of nitrogens with zero attached hydrogens (tertiary/aromatic N) is 1. The van der Waals surface area contributed by atoms with Gasteiger partial charge in [0.05, 0.1) is 11.2 Å². The van der Waals surface area contributed by atoms with Gasteiger partial charge in [0.15, 0.2) is 5.11 Å². The molecule has 4 aromatic rings. The highest BCUT2D eigenvalue weighted by molar-refractivity contribution is 7.80. The molecule has 1 aromatic heterocycles. The summed E-state index contributed by atoms with van der Waals surface area (Å²) in [5.74, 6) is 0.397. The van der Waals surface area contributed by atoms with Crippen LogP contribution >= 0.6 is 23.8 Å². The number of amides is 1. The van der Waals surface area contributed by atoms with Crippen LogP contribution < -0.4 is 15.4 Å². The van der Waals surface area contributed by atoms with Crippen LogP contribution in [0.1, 0.15) is 16.1 Å². The molecule has 0 spiro atoms. The summed E-state index contributed by atoms with van der Waals surface area (Å²) in [5, 5.41) is 7.49. The monoisotopic (exact) mass is 447 g/mol. The Morgan fingerprint density at radius 2 is 1.68 bits per heavy atom. The standard InChI is InChI=1S/C24H18ClN3O2S/c25-18-8-5-17(6-9-18)23(29)28-24(31)27-19-11-13-21(14-12-19)30-15-20-10-7-16-3-1-2-4-22(16)26-20/h1-14H,15H2,(H2,27,28,29,31). The van der Waals surface area contributed by atoms with Crippen molar-refractivity contribution in [2.24, 2.45) is 0 Å². The molecule has 0 saturated heterocycles. The normalized spacial score (nSPS) is 10.5. The smallest absolute Gasteiger partial charge is 0.257 e. The molecule has 3 aromatic carbocycles. The fourth-order valence-electron chi connectivity index (χ4n) is 2.92. The van der Waals surface area contributed by atoms with Gasteiger partial charge in [-0.05, 0) is 72.9 Å². The van der Waals surface area contributed by atoms with E-state index in [-0.39, 0.29) is 11.0 Å². The summed E-state index contributed by atoms with van der Waals surface area (Å²) < 4.78 is 5.83. The average Bonchev–Trinajstić information content (AvgIpc) is 2.79. The Kier molecular flexibility index (Phi) is 6.40. The summed E-state index contributed by atoms with van der Waals surface area (Å²) in [5.41, 5.74) is 3.00. The zero-order valence-electron chi connectivity index (χ0n) is 16.3. The van der Waals surface area contributed by atoms with Crippen LogP contribution in [0.2, 0.25) is 5.02 Å². The summed E-state index contributed by atoms with van der Waals surface area (Å²) in [7, 11) is 0. The number of benzene rings is 3. The minimum atomic E-state index is -0.308. The Morgan fingerprint density at radius 1 is 0.935 bits per heavy atom. The van der Waals surface area contributed by atoms with Gasteiger partial charge < -0.3 is 10.1 Å². The number of aromatic nitrogens is 1. The highest BCUT2D eigenvalue weighted by atomic mass is 35.5. The molecule has 1 amide bonds. The maximum absolute atomic E-state index is 12.2. The van der Waals surface area contributed by atoms with Gasteiger partial charge in [-0.2, -0.15) is 0 Å². The zero-order chi connectivity index (χ0) is 21.6. The Balaban J connectivity index is 1.30. The lowest BCUT2D eigenvalue weighted by atomic mass is 10.2. The molecule has 5 nitrogen and oxygen atoms in total. The van der Waals surface area contributed by atoms with Crippen LogP contribution in [0, 0.1) is 0 Å². The topological polar surface area (TPSA) is 63.2 Å². The van der Waals surface area contributed by atoms with Crippen LogP contribution in [0.15, 0.2) is 84.9 Å². The lowest BCUT2D eigenvalue weighted by molar-refractivity contribution is 0.0977. The number of halogens is 1. The summed E-state index contributed by atoms with van der Waals surface area (Å²) in [4.78, 5) is 16.8. The highest BCUT2D eigenvalue weighted by Gasteiger charge is 2.08. The molecule has 154 valence electrons. The molecule has 0 saturated carbocycles. The van der Waals surface area contributed by atoms with E-state index in [1.54, 1.807) is 24.3 Å². The highest BCUT2D eigenvalue weighted by Crippen LogP contribution is 2.18. The Bertz CT molecular complexity index is 1230. The number of nitrogens with one attached hydrogen (secondary N) is 2. The molecule has 31 heavy (non-hydrogen) atoms. The maximum Gasteiger partial charge on any atom is 0.257 e. The summed E-state index contributed by atoms with van der Waals surface area (Å²) >= 11 is 11.1. The Hall–Kier alpha value is -3.48. The predicted octanol–water partition coefficient (Wildman–Crippen LogP) is 5.59. The van der Waals surface area contributed by atoms with E-state index in [0.717, 1.165) is 22.3 Å². The van der Waals surface area contributed by atoms with Crippen molar-refractivity contribution >= 4 is 51.4 Å². The predicted molar refractivity (Wildman–Crippen MR) is 128 cm³/mol. The van der Waals surface area contributed by atoms with Crippen LogP contribution in [0.3, 0.4) is 0 Å². The lowest BCUT2D eigenvalue weighted by Gasteiger charge is -2.11. The number of fused-ring (bicyclic) bond motifs is 1. The number of carbonyl (C=O) groups is 1. The molecule has 0 aliphatic rings. The first-order valence-electron chi connectivity index (χ1n) is 9.52. The molecule has 0 aliphatic carbocycles. The number of anilines is 1. The van der Waals surface area contributed by atoms with Crippen LogP contribution in [0.4, 0.5) is 5.69 Å². The SMILES string of the molecule is O=C(NC(=S)Nc1ccc(OCc2ccc3ccccc3n2)cc1)c1ccc(Cl)cc1. The van der Waals surface area contributed by atoms with Gasteiger partial charge in [0.2, 0.25) is 0 Å². The van der Waals surface area contributed by atoms with E-state index < -0.39 is 0 Å². The van der Waals surface area contributed by atoms with Crippen LogP contribution in [-0.4, -0.2) is 16.0 Å². The van der Waals surface area contributed by atoms with Gasteiger partial charge in [-0.1, -0.05) is 35.9 Å². The molecule has 0 bridgehead atoms. The first-order chi connectivity index (χ1) is 15.1. The molecule has 7 heteroatoms. The van der Waals surface area contributed by atoms with Crippen LogP contribution in [0.5, 0.6) is 5.75 Å². The van der Waals surface area contributed by atoms with E-state index in [1.807, 2.05) is 60.7 Å². The molecule has 0 aliphatic heterocycles. The van der Waals surface area contributed by atoms with Gasteiger partial charge in [-0.25, -0.2) is 4.98 Å². The zero-order valence-corrected chi connectivity index (χ0v) is 17.9. The first kappa shape index (κ1) is 20.8. The minimum Gasteiger partial charge on any atom is -0.487 e. The van der Waals surface area contributed by atoms with Crippen molar-refractivity contribution in [1.29, 1.82) is 0 Å². The largest absolute Gasteiger partial charge is 0.487 e. The number of rotatable bonds is 5. The molecule has 1 heterocycles. The fourth-order valence-corrected chi connectivity index (χ4v) is 3.26. The van der Waals surface area contributed by atoms with E-state index in [4.69, 9.17) is 28.6 Å². The average molecular weight is 448 g/mol. The van der Waals surface area contributed by atoms with Crippen molar-refractivity contribution in [3.63, 3.8) is 0 Å². The van der Waals surface area contributed by atoms with Gasteiger partial charge in [0.1, 0.15) is 12.4 Å². The number of para-hydroxylation sites is 1. The number of hydrogen-bond acceptors (Lipinski definition) is 4. The van der Waals surface area contributed by atoms with Crippen LogP contribution in [-0.2, 0) is 6.61 Å². The van der Waals surface area contributed by atoms with E-state index in [9.17, 15) is 4.79 Å². The molecule has 0 radical (unpaired) electrons. The van der Waals surface area contributed by atoms with Crippen molar-refractivity contribution in [1.82, 2.24) is 10.3 Å². The second kappa shape index (κ2) is 9.55. The van der Waals surface area contributed by atoms with Crippen LogP contribution in [0.25, 0.3) is 10.9 Å². The van der Waals surface area contributed by atoms with Crippen molar-refractivity contribution in [3.05, 3.63) is 101 Å². The number of pyridine rings is 1. The Labute approximate surface area is 190 Å². The lowest BCUT2D eigenvalue weighted by Crippen LogP contribution is -2.34. The second-order valence-electron chi connectivity index (χ2n) is 6.72. The fraction of sp³-hybridized carbons (Fsp3) is 0.0417. The molecule has 0 atom stereocenters. The number of ether oxygens (including phenoxy) is 1. The van der Waals surface area contributed by atoms with Gasteiger partial charge in [0.25, 0.3) is 5.91 Å². The second-order valence-corrected chi connectivity index (χ2v) is 7.57. The third kappa shape index (κ3) is 5.57. The van der Waals surface area contributed by atoms with Crippen molar-refractivity contribution in [2.45, 2.75) is 6.61 Å². The maximum atomic E-state index is 12.2. The third-order valence-corrected chi connectivity index (χ3v) is 4.94. The molecular weight excluding hydrogens is 430 g/mol. The minimum absolute atomic E-state index is 0.203. The molecule has 4 rings (SSSR count). The molecule has 0 fully saturated rings. The van der Waals surface area contributed by atoms with E-state index >= 15 is 0 Å².